The Hall–Kier alpha value is -1.82. The van der Waals surface area contributed by atoms with Gasteiger partial charge in [0, 0.05) is 25.0 Å². The molecule has 1 amide bonds. The van der Waals surface area contributed by atoms with Gasteiger partial charge in [-0.25, -0.2) is 0 Å². The van der Waals surface area contributed by atoms with Crippen LogP contribution < -0.4 is 5.73 Å². The van der Waals surface area contributed by atoms with Crippen molar-refractivity contribution in [2.24, 2.45) is 7.05 Å². The molecule has 0 saturated carbocycles. The van der Waals surface area contributed by atoms with Crippen LogP contribution in [0.4, 0.5) is 5.69 Å². The van der Waals surface area contributed by atoms with Gasteiger partial charge in [0.1, 0.15) is 5.69 Å². The van der Waals surface area contributed by atoms with Gasteiger partial charge in [0.25, 0.3) is 5.91 Å². The molecule has 0 aromatic carbocycles. The lowest BCUT2D eigenvalue weighted by Gasteiger charge is -2.27. The van der Waals surface area contributed by atoms with Gasteiger partial charge in [-0.2, -0.15) is 5.10 Å². The number of aromatic nitrogens is 2. The Bertz CT molecular complexity index is 643. The number of nitrogens with two attached hydrogens (primary N) is 1. The summed E-state index contributed by atoms with van der Waals surface area (Å²) >= 11 is 1.77. The van der Waals surface area contributed by atoms with Crippen molar-refractivity contribution in [1.82, 2.24) is 14.7 Å². The first-order valence-corrected chi connectivity index (χ1v) is 7.09. The van der Waals surface area contributed by atoms with E-state index in [4.69, 9.17) is 5.73 Å². The van der Waals surface area contributed by atoms with E-state index >= 15 is 0 Å². The summed E-state index contributed by atoms with van der Waals surface area (Å²) in [6, 6.07) is 2.09. The number of carbonyl (C=O) groups is 1. The molecular weight excluding hydrogens is 260 g/mol. The summed E-state index contributed by atoms with van der Waals surface area (Å²) in [5, 5.41) is 6.29. The fourth-order valence-corrected chi connectivity index (χ4v) is 3.39. The predicted octanol–water partition coefficient (Wildman–Crippen LogP) is 1.57. The lowest BCUT2D eigenvalue weighted by molar-refractivity contribution is 0.0726. The van der Waals surface area contributed by atoms with Crippen molar-refractivity contribution in [1.29, 1.82) is 0 Å². The third-order valence-corrected chi connectivity index (χ3v) is 4.59. The second-order valence-electron chi connectivity index (χ2n) is 4.82. The number of rotatable bonds is 1. The summed E-state index contributed by atoms with van der Waals surface area (Å²) < 4.78 is 1.58. The molecule has 0 radical (unpaired) electrons. The molecule has 1 aliphatic heterocycles. The molecule has 100 valence electrons. The Morgan fingerprint density at radius 1 is 1.53 bits per heavy atom. The molecule has 0 atom stereocenters. The third kappa shape index (κ3) is 1.92. The summed E-state index contributed by atoms with van der Waals surface area (Å²) in [5.74, 6) is -0.0301. The first kappa shape index (κ1) is 12.2. The number of anilines is 1. The Kier molecular flexibility index (Phi) is 2.82. The number of carbonyl (C=O) groups excluding carboxylic acids is 1. The van der Waals surface area contributed by atoms with E-state index in [2.05, 4.69) is 16.5 Å². The molecule has 2 N–H and O–H groups in total. The molecule has 5 nitrogen and oxygen atoms in total. The molecule has 0 saturated heterocycles. The number of hydrogen-bond acceptors (Lipinski definition) is 4. The molecule has 3 rings (SSSR count). The highest BCUT2D eigenvalue weighted by Gasteiger charge is 2.26. The topological polar surface area (TPSA) is 64.2 Å². The highest BCUT2D eigenvalue weighted by molar-refractivity contribution is 7.10. The zero-order valence-corrected chi connectivity index (χ0v) is 11.8. The summed E-state index contributed by atoms with van der Waals surface area (Å²) in [4.78, 5) is 15.8. The molecular formula is C13H16N4OS. The summed E-state index contributed by atoms with van der Waals surface area (Å²) in [7, 11) is 1.76. The molecule has 6 heteroatoms. The minimum absolute atomic E-state index is 0.0301. The van der Waals surface area contributed by atoms with Crippen LogP contribution in [-0.4, -0.2) is 27.1 Å². The second-order valence-corrected chi connectivity index (χ2v) is 5.82. The zero-order valence-electron chi connectivity index (χ0n) is 11.0. The molecule has 2 aromatic rings. The fourth-order valence-electron chi connectivity index (χ4n) is 2.50. The number of hydrogen-bond donors (Lipinski definition) is 1. The van der Waals surface area contributed by atoms with Crippen LogP contribution in [0.25, 0.3) is 0 Å². The van der Waals surface area contributed by atoms with Crippen molar-refractivity contribution in [2.45, 2.75) is 19.9 Å². The number of thiophene rings is 1. The molecule has 0 unspecified atom stereocenters. The molecule has 3 heterocycles. The molecule has 19 heavy (non-hydrogen) atoms. The number of nitrogen functional groups attached to an aromatic ring is 1. The Morgan fingerprint density at radius 2 is 2.32 bits per heavy atom. The van der Waals surface area contributed by atoms with E-state index in [-0.39, 0.29) is 5.91 Å². The Labute approximate surface area is 115 Å². The van der Waals surface area contributed by atoms with Crippen LogP contribution in [-0.2, 0) is 20.0 Å². The fraction of sp³-hybridized carbons (Fsp3) is 0.385. The molecule has 0 fully saturated rings. The van der Waals surface area contributed by atoms with Gasteiger partial charge in [-0.15, -0.1) is 11.3 Å². The van der Waals surface area contributed by atoms with Gasteiger partial charge < -0.3 is 10.6 Å². The Balaban J connectivity index is 1.90. The van der Waals surface area contributed by atoms with Crippen molar-refractivity contribution in [3.63, 3.8) is 0 Å². The van der Waals surface area contributed by atoms with E-state index in [1.807, 2.05) is 11.8 Å². The van der Waals surface area contributed by atoms with E-state index in [1.54, 1.807) is 23.1 Å². The van der Waals surface area contributed by atoms with Gasteiger partial charge in [0.05, 0.1) is 11.4 Å². The molecule has 0 aliphatic carbocycles. The predicted molar refractivity (Wildman–Crippen MR) is 75.1 cm³/mol. The highest BCUT2D eigenvalue weighted by atomic mass is 32.1. The standard InChI is InChI=1S/C13H16N4OS/c1-8-11(14)12(16(2)15-8)13(18)17-5-3-10-9(7-17)4-6-19-10/h4,6H,3,5,7,14H2,1-2H3. The number of nitrogens with zero attached hydrogens (tertiary/aromatic N) is 3. The maximum absolute atomic E-state index is 12.6. The van der Waals surface area contributed by atoms with Crippen molar-refractivity contribution >= 4 is 22.9 Å². The summed E-state index contributed by atoms with van der Waals surface area (Å²) in [5.41, 5.74) is 8.90. The van der Waals surface area contributed by atoms with Crippen molar-refractivity contribution < 1.29 is 4.79 Å². The number of fused-ring (bicyclic) bond motifs is 1. The number of aryl methyl sites for hydroxylation is 2. The normalized spacial score (nSPS) is 14.5. The molecule has 0 spiro atoms. The molecule has 0 bridgehead atoms. The van der Waals surface area contributed by atoms with Gasteiger partial charge in [-0.3, -0.25) is 9.48 Å². The number of amides is 1. The maximum Gasteiger partial charge on any atom is 0.274 e. The van der Waals surface area contributed by atoms with E-state index < -0.39 is 0 Å². The zero-order chi connectivity index (χ0) is 13.6. The van der Waals surface area contributed by atoms with Gasteiger partial charge in [0.15, 0.2) is 0 Å². The van der Waals surface area contributed by atoms with Crippen LogP contribution in [0, 0.1) is 6.92 Å². The second kappa shape index (κ2) is 4.38. The van der Waals surface area contributed by atoms with Crippen LogP contribution in [0.5, 0.6) is 0 Å². The largest absolute Gasteiger partial charge is 0.395 e. The van der Waals surface area contributed by atoms with Crippen LogP contribution in [0.1, 0.15) is 26.6 Å². The quantitative estimate of drug-likeness (QED) is 0.860. The van der Waals surface area contributed by atoms with Crippen LogP contribution in [0.3, 0.4) is 0 Å². The van der Waals surface area contributed by atoms with Gasteiger partial charge in [-0.1, -0.05) is 0 Å². The van der Waals surface area contributed by atoms with E-state index in [0.717, 1.165) is 13.0 Å². The van der Waals surface area contributed by atoms with E-state index in [1.165, 1.54) is 10.4 Å². The first-order chi connectivity index (χ1) is 9.08. The van der Waals surface area contributed by atoms with Crippen LogP contribution >= 0.6 is 11.3 Å². The SMILES string of the molecule is Cc1nn(C)c(C(=O)N2CCc3sccc3C2)c1N. The van der Waals surface area contributed by atoms with E-state index in [0.29, 0.717) is 23.6 Å². The highest BCUT2D eigenvalue weighted by Crippen LogP contribution is 2.26. The summed E-state index contributed by atoms with van der Waals surface area (Å²) in [6.45, 7) is 3.23. The van der Waals surface area contributed by atoms with Crippen LogP contribution in [0.15, 0.2) is 11.4 Å². The maximum atomic E-state index is 12.6. The average Bonchev–Trinajstić information content (AvgIpc) is 2.94. The van der Waals surface area contributed by atoms with Gasteiger partial charge in [-0.05, 0) is 30.4 Å². The van der Waals surface area contributed by atoms with Gasteiger partial charge >= 0.3 is 0 Å². The lowest BCUT2D eigenvalue weighted by atomic mass is 10.1. The molecule has 2 aromatic heterocycles. The van der Waals surface area contributed by atoms with Crippen molar-refractivity contribution in [2.75, 3.05) is 12.3 Å². The molecule has 1 aliphatic rings. The lowest BCUT2D eigenvalue weighted by Crippen LogP contribution is -2.36. The minimum atomic E-state index is -0.0301. The monoisotopic (exact) mass is 276 g/mol. The Morgan fingerprint density at radius 3 is 3.00 bits per heavy atom. The first-order valence-electron chi connectivity index (χ1n) is 6.21. The van der Waals surface area contributed by atoms with Gasteiger partial charge in [0.2, 0.25) is 0 Å². The van der Waals surface area contributed by atoms with Crippen LogP contribution in [0.2, 0.25) is 0 Å². The van der Waals surface area contributed by atoms with Crippen molar-refractivity contribution in [3.8, 4) is 0 Å². The van der Waals surface area contributed by atoms with E-state index in [9.17, 15) is 4.79 Å². The third-order valence-electron chi connectivity index (χ3n) is 3.57. The smallest absolute Gasteiger partial charge is 0.274 e. The van der Waals surface area contributed by atoms with Crippen molar-refractivity contribution in [3.05, 3.63) is 33.3 Å². The average molecular weight is 276 g/mol. The summed E-state index contributed by atoms with van der Waals surface area (Å²) in [6.07, 6.45) is 0.926. The minimum Gasteiger partial charge on any atom is -0.395 e.